The third kappa shape index (κ3) is 4.79. The van der Waals surface area contributed by atoms with E-state index in [1.165, 1.54) is 12.1 Å². The molecule has 1 unspecified atom stereocenters. The molecule has 0 radical (unpaired) electrons. The van der Waals surface area contributed by atoms with E-state index in [-0.39, 0.29) is 4.90 Å². The number of benzene rings is 1. The predicted octanol–water partition coefficient (Wildman–Crippen LogP) is 3.31. The Kier molecular flexibility index (Phi) is 5.86. The molecule has 160 valence electrons. The lowest BCUT2D eigenvalue weighted by Gasteiger charge is -2.15. The van der Waals surface area contributed by atoms with Crippen molar-refractivity contribution in [3.05, 3.63) is 48.3 Å². The number of esters is 1. The number of pyridine rings is 1. The van der Waals surface area contributed by atoms with Crippen LogP contribution in [0.2, 0.25) is 0 Å². The van der Waals surface area contributed by atoms with E-state index in [0.29, 0.717) is 5.65 Å². The molecular weight excluding hydrogens is 423 g/mol. The number of ether oxygens (including phenoxy) is 1. The number of aryl methyl sites for hydroxylation is 1. The SMILES string of the molecule is Cc1cc2c(-c3ccc(S(=O)(=O)NCC(C)OC(=O)C(F)(F)F)cc3)ccnc2[nH]1. The summed E-state index contributed by atoms with van der Waals surface area (Å²) in [6.45, 7) is 2.56. The van der Waals surface area contributed by atoms with E-state index in [1.54, 1.807) is 18.3 Å². The number of nitrogens with one attached hydrogen (secondary N) is 2. The Labute approximate surface area is 170 Å². The fraction of sp³-hybridized carbons (Fsp3) is 0.263. The Morgan fingerprint density at radius 3 is 2.53 bits per heavy atom. The van der Waals surface area contributed by atoms with Crippen LogP contribution in [0.25, 0.3) is 22.2 Å². The molecule has 11 heteroatoms. The summed E-state index contributed by atoms with van der Waals surface area (Å²) in [4.78, 5) is 18.1. The molecule has 0 aliphatic rings. The van der Waals surface area contributed by atoms with Crippen LogP contribution in [0, 0.1) is 6.92 Å². The second kappa shape index (κ2) is 8.07. The first-order chi connectivity index (χ1) is 14.0. The van der Waals surface area contributed by atoms with E-state index >= 15 is 0 Å². The third-order valence-electron chi connectivity index (χ3n) is 4.24. The standard InChI is InChI=1S/C19H18F3N3O4S/c1-11-9-16-15(7-8-23-17(16)25-11)13-3-5-14(6-4-13)30(27,28)24-10-12(2)29-18(26)19(20,21)22/h3-9,12,24H,10H2,1-2H3,(H,23,25). The Bertz CT molecular complexity index is 1170. The van der Waals surface area contributed by atoms with Gasteiger partial charge in [-0.05, 0) is 49.2 Å². The van der Waals surface area contributed by atoms with Gasteiger partial charge in [-0.1, -0.05) is 12.1 Å². The number of fused-ring (bicyclic) bond motifs is 1. The van der Waals surface area contributed by atoms with Gasteiger partial charge < -0.3 is 9.72 Å². The highest BCUT2D eigenvalue weighted by atomic mass is 32.2. The van der Waals surface area contributed by atoms with Gasteiger partial charge in [0.2, 0.25) is 10.0 Å². The molecule has 0 amide bonds. The molecule has 2 N–H and O–H groups in total. The monoisotopic (exact) mass is 441 g/mol. The lowest BCUT2D eigenvalue weighted by molar-refractivity contribution is -0.203. The maximum atomic E-state index is 12.4. The largest absolute Gasteiger partial charge is 0.490 e. The topological polar surface area (TPSA) is 101 Å². The van der Waals surface area contributed by atoms with Crippen LogP contribution in [0.15, 0.2) is 47.5 Å². The first kappa shape index (κ1) is 21.8. The van der Waals surface area contributed by atoms with Gasteiger partial charge in [-0.3, -0.25) is 0 Å². The smallest absolute Gasteiger partial charge is 0.455 e. The molecule has 2 aromatic heterocycles. The second-order valence-electron chi connectivity index (χ2n) is 6.66. The molecule has 3 aromatic rings. The molecule has 30 heavy (non-hydrogen) atoms. The molecule has 3 rings (SSSR count). The number of carbonyl (C=O) groups is 1. The third-order valence-corrected chi connectivity index (χ3v) is 5.68. The molecular formula is C19H18F3N3O4S. The van der Waals surface area contributed by atoms with Crippen molar-refractivity contribution >= 4 is 27.0 Å². The number of nitrogens with zero attached hydrogens (tertiary/aromatic N) is 1. The number of aromatic nitrogens is 2. The number of sulfonamides is 1. The van der Waals surface area contributed by atoms with Gasteiger partial charge in [0, 0.05) is 23.8 Å². The quantitative estimate of drug-likeness (QED) is 0.572. The minimum absolute atomic E-state index is 0.0730. The highest BCUT2D eigenvalue weighted by Gasteiger charge is 2.41. The van der Waals surface area contributed by atoms with E-state index in [2.05, 4.69) is 19.4 Å². The summed E-state index contributed by atoms with van der Waals surface area (Å²) in [5, 5.41) is 0.893. The Hall–Kier alpha value is -2.92. The maximum Gasteiger partial charge on any atom is 0.490 e. The zero-order valence-corrected chi connectivity index (χ0v) is 16.8. The molecule has 0 spiro atoms. The normalized spacial score (nSPS) is 13.4. The van der Waals surface area contributed by atoms with Crippen molar-refractivity contribution in [2.45, 2.75) is 31.0 Å². The highest BCUT2D eigenvalue weighted by molar-refractivity contribution is 7.89. The van der Waals surface area contributed by atoms with Gasteiger partial charge in [0.15, 0.2) is 0 Å². The summed E-state index contributed by atoms with van der Waals surface area (Å²) in [5.41, 5.74) is 3.29. The second-order valence-corrected chi connectivity index (χ2v) is 8.43. The molecule has 1 atom stereocenters. The lowest BCUT2D eigenvalue weighted by Crippen LogP contribution is -2.36. The fourth-order valence-electron chi connectivity index (χ4n) is 2.83. The minimum atomic E-state index is -5.14. The zero-order valence-electron chi connectivity index (χ0n) is 15.9. The Balaban J connectivity index is 1.72. The van der Waals surface area contributed by atoms with E-state index in [0.717, 1.165) is 29.1 Å². The van der Waals surface area contributed by atoms with Gasteiger partial charge in [-0.2, -0.15) is 13.2 Å². The van der Waals surface area contributed by atoms with Crippen LogP contribution in [-0.4, -0.2) is 43.2 Å². The predicted molar refractivity (Wildman–Crippen MR) is 103 cm³/mol. The fourth-order valence-corrected chi connectivity index (χ4v) is 3.94. The van der Waals surface area contributed by atoms with Crippen molar-refractivity contribution in [1.29, 1.82) is 0 Å². The van der Waals surface area contributed by atoms with Crippen molar-refractivity contribution in [1.82, 2.24) is 14.7 Å². The van der Waals surface area contributed by atoms with Crippen molar-refractivity contribution in [3.8, 4) is 11.1 Å². The van der Waals surface area contributed by atoms with E-state index in [4.69, 9.17) is 0 Å². The minimum Gasteiger partial charge on any atom is -0.455 e. The molecule has 0 saturated carbocycles. The number of hydrogen-bond acceptors (Lipinski definition) is 5. The van der Waals surface area contributed by atoms with Gasteiger partial charge in [-0.15, -0.1) is 0 Å². The number of halogens is 3. The van der Waals surface area contributed by atoms with Crippen LogP contribution in [0.5, 0.6) is 0 Å². The molecule has 0 aliphatic heterocycles. The first-order valence-electron chi connectivity index (χ1n) is 8.79. The van der Waals surface area contributed by atoms with Crippen LogP contribution in [0.1, 0.15) is 12.6 Å². The summed E-state index contributed by atoms with van der Waals surface area (Å²) in [5.74, 6) is -2.37. The zero-order chi connectivity index (χ0) is 22.1. The average Bonchev–Trinajstić information content (AvgIpc) is 3.06. The Morgan fingerprint density at radius 2 is 1.90 bits per heavy atom. The van der Waals surface area contributed by atoms with Crippen molar-refractivity contribution < 1.29 is 31.1 Å². The van der Waals surface area contributed by atoms with Crippen molar-refractivity contribution in [3.63, 3.8) is 0 Å². The first-order valence-corrected chi connectivity index (χ1v) is 10.3. The molecule has 0 bridgehead atoms. The van der Waals surface area contributed by atoms with Gasteiger partial charge in [0.1, 0.15) is 11.8 Å². The summed E-state index contributed by atoms with van der Waals surface area (Å²) in [7, 11) is -4.01. The number of aromatic amines is 1. The van der Waals surface area contributed by atoms with Gasteiger partial charge in [0.25, 0.3) is 0 Å². The van der Waals surface area contributed by atoms with E-state index in [9.17, 15) is 26.4 Å². The summed E-state index contributed by atoms with van der Waals surface area (Å²) in [6, 6.07) is 9.77. The maximum absolute atomic E-state index is 12.4. The van der Waals surface area contributed by atoms with Crippen LogP contribution in [0.4, 0.5) is 13.2 Å². The number of alkyl halides is 3. The average molecular weight is 441 g/mol. The Morgan fingerprint density at radius 1 is 1.23 bits per heavy atom. The van der Waals surface area contributed by atoms with Crippen molar-refractivity contribution in [2.24, 2.45) is 0 Å². The van der Waals surface area contributed by atoms with Gasteiger partial charge >= 0.3 is 12.1 Å². The number of carbonyl (C=O) groups excluding carboxylic acids is 1. The van der Waals surface area contributed by atoms with Crippen LogP contribution in [-0.2, 0) is 19.6 Å². The van der Waals surface area contributed by atoms with Crippen LogP contribution < -0.4 is 4.72 Å². The van der Waals surface area contributed by atoms with Gasteiger partial charge in [-0.25, -0.2) is 22.9 Å². The molecule has 7 nitrogen and oxygen atoms in total. The molecule has 0 saturated heterocycles. The number of hydrogen-bond donors (Lipinski definition) is 2. The van der Waals surface area contributed by atoms with E-state index in [1.807, 2.05) is 19.1 Å². The van der Waals surface area contributed by atoms with Crippen LogP contribution >= 0.6 is 0 Å². The van der Waals surface area contributed by atoms with E-state index < -0.39 is 34.8 Å². The van der Waals surface area contributed by atoms with Crippen LogP contribution in [0.3, 0.4) is 0 Å². The highest BCUT2D eigenvalue weighted by Crippen LogP contribution is 2.28. The molecule has 1 aromatic carbocycles. The summed E-state index contributed by atoms with van der Waals surface area (Å²) < 4.78 is 67.7. The summed E-state index contributed by atoms with van der Waals surface area (Å²) in [6.07, 6.45) is -4.79. The van der Waals surface area contributed by atoms with Gasteiger partial charge in [0.05, 0.1) is 4.90 Å². The lowest BCUT2D eigenvalue weighted by atomic mass is 10.0. The molecule has 0 fully saturated rings. The number of rotatable bonds is 6. The number of H-pyrrole nitrogens is 1. The summed E-state index contributed by atoms with van der Waals surface area (Å²) >= 11 is 0. The molecule has 2 heterocycles. The van der Waals surface area contributed by atoms with Crippen molar-refractivity contribution in [2.75, 3.05) is 6.54 Å². The molecule has 0 aliphatic carbocycles.